The van der Waals surface area contributed by atoms with Crippen LogP contribution >= 0.6 is 0 Å². The molecule has 0 aliphatic carbocycles. The molecule has 0 bridgehead atoms. The number of hydrogen-bond acceptors (Lipinski definition) is 1. The summed E-state index contributed by atoms with van der Waals surface area (Å²) in [5.74, 6) is 0. The normalized spacial score (nSPS) is 6.60. The second-order valence-corrected chi connectivity index (χ2v) is 1.52. The van der Waals surface area contributed by atoms with Gasteiger partial charge in [-0.25, -0.2) is 0 Å². The van der Waals surface area contributed by atoms with Crippen LogP contribution in [0.2, 0.25) is 0 Å². The topological polar surface area (TPSA) is 12.9 Å². The van der Waals surface area contributed by atoms with Gasteiger partial charge < -0.3 is 11.4 Å². The van der Waals surface area contributed by atoms with E-state index in [9.17, 15) is 0 Å². The molecule has 2 heteroatoms. The van der Waals surface area contributed by atoms with Crippen molar-refractivity contribution in [2.24, 2.45) is 0 Å². The first-order chi connectivity index (χ1) is 4.41. The Morgan fingerprint density at radius 3 is 1.70 bits per heavy atom. The minimum absolute atomic E-state index is 0. The van der Waals surface area contributed by atoms with E-state index in [0.29, 0.717) is 0 Å². The van der Waals surface area contributed by atoms with Gasteiger partial charge in [-0.2, -0.15) is 32.0 Å². The Morgan fingerprint density at radius 1 is 1.20 bits per heavy atom. The SMILES string of the molecule is C[CH-]C.[V+2].[c-]1ccncc1. The van der Waals surface area contributed by atoms with E-state index in [4.69, 9.17) is 0 Å². The summed E-state index contributed by atoms with van der Waals surface area (Å²) in [7, 11) is 0. The Kier molecular flexibility index (Phi) is 14.3. The Balaban J connectivity index is 0. The summed E-state index contributed by atoms with van der Waals surface area (Å²) in [6, 6.07) is 6.36. The second-order valence-electron chi connectivity index (χ2n) is 1.52. The Labute approximate surface area is 74.8 Å². The third kappa shape index (κ3) is 10.7. The summed E-state index contributed by atoms with van der Waals surface area (Å²) in [6.07, 6.45) is 5.39. The minimum atomic E-state index is 0. The largest absolute Gasteiger partial charge is 2.00 e. The van der Waals surface area contributed by atoms with Crippen LogP contribution < -0.4 is 0 Å². The van der Waals surface area contributed by atoms with Gasteiger partial charge in [-0.1, -0.05) is 12.4 Å². The van der Waals surface area contributed by atoms with Gasteiger partial charge in [-0.3, -0.25) is 0 Å². The summed E-state index contributed by atoms with van der Waals surface area (Å²) >= 11 is 0. The average molecular weight is 172 g/mol. The van der Waals surface area contributed by atoms with Crippen LogP contribution in [0.5, 0.6) is 0 Å². The molecule has 0 amide bonds. The number of rotatable bonds is 0. The molecule has 0 aromatic carbocycles. The van der Waals surface area contributed by atoms with Gasteiger partial charge in [0.1, 0.15) is 0 Å². The Bertz CT molecular complexity index is 92.1. The van der Waals surface area contributed by atoms with Gasteiger partial charge in [-0.15, -0.1) is 0 Å². The van der Waals surface area contributed by atoms with Crippen LogP contribution in [-0.2, 0) is 18.6 Å². The minimum Gasteiger partial charge on any atom is -0.391 e. The fourth-order valence-corrected chi connectivity index (χ4v) is 0.277. The number of pyridine rings is 1. The molecule has 1 nitrogen and oxygen atoms in total. The predicted molar refractivity (Wildman–Crippen MR) is 38.7 cm³/mol. The van der Waals surface area contributed by atoms with Crippen molar-refractivity contribution >= 4 is 0 Å². The zero-order chi connectivity index (χ0) is 6.95. The smallest absolute Gasteiger partial charge is 0.391 e. The van der Waals surface area contributed by atoms with E-state index in [1.165, 1.54) is 0 Å². The van der Waals surface area contributed by atoms with E-state index in [1.54, 1.807) is 24.5 Å². The van der Waals surface area contributed by atoms with Crippen molar-refractivity contribution in [3.63, 3.8) is 0 Å². The molecule has 1 aromatic rings. The van der Waals surface area contributed by atoms with E-state index < -0.39 is 0 Å². The maximum Gasteiger partial charge on any atom is 2.00 e. The molecule has 10 heavy (non-hydrogen) atoms. The van der Waals surface area contributed by atoms with Crippen molar-refractivity contribution in [3.8, 4) is 0 Å². The molecular formula is C8H11NV. The third-order valence-electron chi connectivity index (χ3n) is 0.514. The van der Waals surface area contributed by atoms with Crippen LogP contribution in [0.4, 0.5) is 0 Å². The van der Waals surface area contributed by atoms with Gasteiger partial charge >= 0.3 is 18.6 Å². The second kappa shape index (κ2) is 11.5. The zero-order valence-corrected chi connectivity index (χ0v) is 7.68. The molecule has 1 radical (unpaired) electrons. The summed E-state index contributed by atoms with van der Waals surface area (Å²) in [6.45, 7) is 4.00. The average Bonchev–Trinajstić information content (AvgIpc) is 1.93. The maximum absolute atomic E-state index is 3.75. The fourth-order valence-electron chi connectivity index (χ4n) is 0.277. The van der Waals surface area contributed by atoms with Crippen LogP contribution in [0.25, 0.3) is 0 Å². The molecule has 1 heterocycles. The summed E-state index contributed by atoms with van der Waals surface area (Å²) < 4.78 is 0. The molecule has 1 rings (SSSR count). The molecule has 0 aliphatic heterocycles. The molecular weight excluding hydrogens is 161 g/mol. The number of hydrogen-bond donors (Lipinski definition) is 0. The number of aromatic nitrogens is 1. The predicted octanol–water partition coefficient (Wildman–Crippen LogP) is 2.11. The number of nitrogens with zero attached hydrogens (tertiary/aromatic N) is 1. The van der Waals surface area contributed by atoms with Gasteiger partial charge in [-0.05, 0) is 0 Å². The Morgan fingerprint density at radius 2 is 1.60 bits per heavy atom. The molecule has 0 spiro atoms. The van der Waals surface area contributed by atoms with Gasteiger partial charge in [0.2, 0.25) is 0 Å². The van der Waals surface area contributed by atoms with E-state index in [1.807, 2.05) is 20.3 Å². The monoisotopic (exact) mass is 172 g/mol. The molecule has 0 fully saturated rings. The maximum atomic E-state index is 3.75. The molecule has 0 N–H and O–H groups in total. The van der Waals surface area contributed by atoms with Crippen LogP contribution in [0.15, 0.2) is 24.5 Å². The zero-order valence-electron chi connectivity index (χ0n) is 6.28. The van der Waals surface area contributed by atoms with E-state index in [0.717, 1.165) is 0 Å². The first kappa shape index (κ1) is 12.4. The van der Waals surface area contributed by atoms with Crippen LogP contribution in [0.3, 0.4) is 0 Å². The molecule has 0 saturated heterocycles. The van der Waals surface area contributed by atoms with Crippen molar-refractivity contribution in [2.75, 3.05) is 0 Å². The molecule has 1 aromatic heterocycles. The van der Waals surface area contributed by atoms with Crippen LogP contribution in [0, 0.1) is 12.5 Å². The molecule has 0 unspecified atom stereocenters. The fraction of sp³-hybridized carbons (Fsp3) is 0.250. The molecule has 53 valence electrons. The summed E-state index contributed by atoms with van der Waals surface area (Å²) in [4.78, 5) is 3.75. The van der Waals surface area contributed by atoms with Gasteiger partial charge in [0.15, 0.2) is 0 Å². The van der Waals surface area contributed by atoms with E-state index in [2.05, 4.69) is 11.1 Å². The summed E-state index contributed by atoms with van der Waals surface area (Å²) in [5.41, 5.74) is 0. The first-order valence-electron chi connectivity index (χ1n) is 2.92. The van der Waals surface area contributed by atoms with Crippen molar-refractivity contribution in [1.82, 2.24) is 4.98 Å². The summed E-state index contributed by atoms with van der Waals surface area (Å²) in [5, 5.41) is 0. The van der Waals surface area contributed by atoms with Gasteiger partial charge in [0, 0.05) is 0 Å². The van der Waals surface area contributed by atoms with Crippen molar-refractivity contribution in [1.29, 1.82) is 0 Å². The quantitative estimate of drug-likeness (QED) is 0.546. The van der Waals surface area contributed by atoms with Crippen molar-refractivity contribution < 1.29 is 18.6 Å². The Hall–Kier alpha value is -0.266. The van der Waals surface area contributed by atoms with Gasteiger partial charge in [0.05, 0.1) is 0 Å². The standard InChI is InChI=1S/C5H4N.C3H7.V/c1-2-4-6-5-3-1;1-3-2;/h2-5H;3H,1-2H3;/q2*-1;+2. The molecule has 0 aliphatic rings. The van der Waals surface area contributed by atoms with Gasteiger partial charge in [0.25, 0.3) is 0 Å². The van der Waals surface area contributed by atoms with Crippen molar-refractivity contribution in [2.45, 2.75) is 13.8 Å². The van der Waals surface area contributed by atoms with Crippen molar-refractivity contribution in [3.05, 3.63) is 37.0 Å². The van der Waals surface area contributed by atoms with E-state index >= 15 is 0 Å². The molecule has 0 saturated carbocycles. The third-order valence-corrected chi connectivity index (χ3v) is 0.514. The van der Waals surface area contributed by atoms with E-state index in [-0.39, 0.29) is 18.6 Å². The first-order valence-corrected chi connectivity index (χ1v) is 2.92. The molecule has 0 atom stereocenters. The van der Waals surface area contributed by atoms with Crippen LogP contribution in [0.1, 0.15) is 13.8 Å². The van der Waals surface area contributed by atoms with Crippen LogP contribution in [-0.4, -0.2) is 4.98 Å².